The lowest BCUT2D eigenvalue weighted by atomic mass is 10.1. The molecule has 0 fully saturated rings. The third-order valence-electron chi connectivity index (χ3n) is 1.89. The number of hydrogen-bond donors (Lipinski definition) is 0. The maximum atomic E-state index is 13.2. The highest BCUT2D eigenvalue weighted by Crippen LogP contribution is 2.24. The summed E-state index contributed by atoms with van der Waals surface area (Å²) in [7, 11) is 0. The highest BCUT2D eigenvalue weighted by molar-refractivity contribution is 5.39. The molecule has 0 N–H and O–H groups in total. The molecule has 0 amide bonds. The second-order valence-electron chi connectivity index (χ2n) is 2.86. The van der Waals surface area contributed by atoms with Crippen LogP contribution in [0.5, 0.6) is 0 Å². The number of nitro groups is 1. The van der Waals surface area contributed by atoms with E-state index in [1.807, 2.05) is 0 Å². The molecule has 6 heteroatoms. The van der Waals surface area contributed by atoms with E-state index in [4.69, 9.17) is 0 Å². The van der Waals surface area contributed by atoms with Crippen LogP contribution in [0, 0.1) is 15.9 Å². The lowest BCUT2D eigenvalue weighted by Crippen LogP contribution is -1.97. The van der Waals surface area contributed by atoms with Gasteiger partial charge in [-0.25, -0.2) is 9.18 Å². The molecule has 0 saturated carbocycles. The van der Waals surface area contributed by atoms with Crippen LogP contribution in [0.25, 0.3) is 0 Å². The highest BCUT2D eigenvalue weighted by Gasteiger charge is 2.15. The number of rotatable bonds is 3. The van der Waals surface area contributed by atoms with E-state index in [1.165, 1.54) is 13.0 Å². The lowest BCUT2D eigenvalue weighted by Gasteiger charge is -2.05. The van der Waals surface area contributed by atoms with Crippen LogP contribution < -0.4 is 0 Å². The van der Waals surface area contributed by atoms with Gasteiger partial charge in [-0.2, -0.15) is 4.99 Å². The summed E-state index contributed by atoms with van der Waals surface area (Å²) in [6.45, 7) is 1.45. The van der Waals surface area contributed by atoms with Crippen LogP contribution in [0.2, 0.25) is 0 Å². The second kappa shape index (κ2) is 4.43. The second-order valence-corrected chi connectivity index (χ2v) is 2.86. The molecule has 15 heavy (non-hydrogen) atoms. The Morgan fingerprint density at radius 3 is 2.80 bits per heavy atom. The molecule has 1 aromatic rings. The Hall–Kier alpha value is -2.07. The average Bonchev–Trinajstić information content (AvgIpc) is 2.18. The van der Waals surface area contributed by atoms with Crippen LogP contribution >= 0.6 is 0 Å². The number of nitrogens with zero attached hydrogens (tertiary/aromatic N) is 2. The van der Waals surface area contributed by atoms with Gasteiger partial charge in [-0.3, -0.25) is 10.1 Å². The number of aliphatic imine (C=N–C) groups is 1. The van der Waals surface area contributed by atoms with E-state index >= 15 is 0 Å². The Labute approximate surface area is 84.4 Å². The summed E-state index contributed by atoms with van der Waals surface area (Å²) < 4.78 is 13.2. The molecule has 1 atom stereocenters. The monoisotopic (exact) mass is 210 g/mol. The minimum Gasteiger partial charge on any atom is -0.258 e. The van der Waals surface area contributed by atoms with Crippen molar-refractivity contribution in [2.75, 3.05) is 0 Å². The first kappa shape index (κ1) is 11.0. The zero-order valence-corrected chi connectivity index (χ0v) is 7.81. The first-order valence-corrected chi connectivity index (χ1v) is 4.07. The van der Waals surface area contributed by atoms with Crippen molar-refractivity contribution in [3.05, 3.63) is 39.7 Å². The molecule has 0 aliphatic carbocycles. The van der Waals surface area contributed by atoms with Crippen molar-refractivity contribution in [1.29, 1.82) is 0 Å². The van der Waals surface area contributed by atoms with Gasteiger partial charge >= 0.3 is 0 Å². The lowest BCUT2D eigenvalue weighted by molar-refractivity contribution is -0.385. The molecule has 78 valence electrons. The standard InChI is InChI=1S/C9H7FN2O3/c1-6(11-5-13)8-4-7(12(14)15)2-3-9(8)10/h2-4,6H,1H3. The normalized spacial score (nSPS) is 11.6. The summed E-state index contributed by atoms with van der Waals surface area (Å²) in [6.07, 6.45) is 1.28. The van der Waals surface area contributed by atoms with Crippen molar-refractivity contribution in [1.82, 2.24) is 0 Å². The van der Waals surface area contributed by atoms with Crippen molar-refractivity contribution in [3.8, 4) is 0 Å². The average molecular weight is 210 g/mol. The first-order chi connectivity index (χ1) is 7.06. The largest absolute Gasteiger partial charge is 0.269 e. The SMILES string of the molecule is CC(N=C=O)c1cc([N+](=O)[O-])ccc1F. The Morgan fingerprint density at radius 2 is 2.27 bits per heavy atom. The quantitative estimate of drug-likeness (QED) is 0.332. The van der Waals surface area contributed by atoms with Crippen LogP contribution in [-0.4, -0.2) is 11.0 Å². The van der Waals surface area contributed by atoms with Gasteiger partial charge in [-0.15, -0.1) is 0 Å². The van der Waals surface area contributed by atoms with E-state index in [0.29, 0.717) is 0 Å². The predicted octanol–water partition coefficient (Wildman–Crippen LogP) is 2.13. The van der Waals surface area contributed by atoms with Gasteiger partial charge in [0, 0.05) is 17.7 Å². The van der Waals surface area contributed by atoms with Crippen molar-refractivity contribution >= 4 is 11.8 Å². The molecule has 0 bridgehead atoms. The van der Waals surface area contributed by atoms with E-state index in [-0.39, 0.29) is 11.3 Å². The molecule has 0 spiro atoms. The van der Waals surface area contributed by atoms with Crippen LogP contribution in [0.1, 0.15) is 18.5 Å². The number of carbonyl (C=O) groups excluding carboxylic acids is 1. The molecule has 0 saturated heterocycles. The predicted molar refractivity (Wildman–Crippen MR) is 49.6 cm³/mol. The zero-order chi connectivity index (χ0) is 11.4. The first-order valence-electron chi connectivity index (χ1n) is 4.07. The van der Waals surface area contributed by atoms with Gasteiger partial charge < -0.3 is 0 Å². The van der Waals surface area contributed by atoms with Gasteiger partial charge in [-0.05, 0) is 13.0 Å². The molecule has 1 unspecified atom stereocenters. The fourth-order valence-corrected chi connectivity index (χ4v) is 1.11. The summed E-state index contributed by atoms with van der Waals surface area (Å²) in [5.41, 5.74) is -0.230. The summed E-state index contributed by atoms with van der Waals surface area (Å²) in [5, 5.41) is 10.4. The highest BCUT2D eigenvalue weighted by atomic mass is 19.1. The molecule has 0 heterocycles. The molecule has 0 aliphatic heterocycles. The minimum absolute atomic E-state index is 0.00699. The van der Waals surface area contributed by atoms with E-state index < -0.39 is 16.8 Å². The van der Waals surface area contributed by atoms with Crippen LogP contribution in [0.3, 0.4) is 0 Å². The van der Waals surface area contributed by atoms with Gasteiger partial charge in [-0.1, -0.05) is 0 Å². The molecular formula is C9H7FN2O3. The smallest absolute Gasteiger partial charge is 0.258 e. The number of benzene rings is 1. The number of nitro benzene ring substituents is 1. The molecule has 0 aromatic heterocycles. The molecule has 1 rings (SSSR count). The fourth-order valence-electron chi connectivity index (χ4n) is 1.11. The van der Waals surface area contributed by atoms with Gasteiger partial charge in [0.1, 0.15) is 5.82 Å². The van der Waals surface area contributed by atoms with Gasteiger partial charge in [0.05, 0.1) is 11.0 Å². The van der Waals surface area contributed by atoms with Crippen molar-refractivity contribution in [2.45, 2.75) is 13.0 Å². The summed E-state index contributed by atoms with van der Waals surface area (Å²) in [5.74, 6) is -0.632. The Balaban J connectivity index is 3.21. The summed E-state index contributed by atoms with van der Waals surface area (Å²) >= 11 is 0. The van der Waals surface area contributed by atoms with Crippen LogP contribution in [-0.2, 0) is 4.79 Å². The van der Waals surface area contributed by atoms with Gasteiger partial charge in [0.25, 0.3) is 5.69 Å². The summed E-state index contributed by atoms with van der Waals surface area (Å²) in [4.78, 5) is 23.0. The Bertz CT molecular complexity index is 441. The molecule has 5 nitrogen and oxygen atoms in total. The van der Waals surface area contributed by atoms with Gasteiger partial charge in [0.15, 0.2) is 0 Å². The topological polar surface area (TPSA) is 72.6 Å². The maximum Gasteiger partial charge on any atom is 0.269 e. The molecular weight excluding hydrogens is 203 g/mol. The number of non-ortho nitro benzene ring substituents is 1. The van der Waals surface area contributed by atoms with E-state index in [1.54, 1.807) is 0 Å². The Kier molecular flexibility index (Phi) is 3.25. The zero-order valence-electron chi connectivity index (χ0n) is 7.81. The van der Waals surface area contributed by atoms with E-state index in [2.05, 4.69) is 4.99 Å². The number of isocyanates is 1. The van der Waals surface area contributed by atoms with E-state index in [9.17, 15) is 19.3 Å². The van der Waals surface area contributed by atoms with Crippen molar-refractivity contribution in [3.63, 3.8) is 0 Å². The van der Waals surface area contributed by atoms with Crippen LogP contribution in [0.15, 0.2) is 23.2 Å². The molecule has 0 radical (unpaired) electrons. The molecule has 0 aliphatic rings. The number of hydrogen-bond acceptors (Lipinski definition) is 4. The maximum absolute atomic E-state index is 13.2. The molecule has 1 aromatic carbocycles. The Morgan fingerprint density at radius 1 is 1.60 bits per heavy atom. The third kappa shape index (κ3) is 2.45. The van der Waals surface area contributed by atoms with Crippen molar-refractivity contribution < 1.29 is 14.1 Å². The van der Waals surface area contributed by atoms with Crippen molar-refractivity contribution in [2.24, 2.45) is 4.99 Å². The fraction of sp³-hybridized carbons (Fsp3) is 0.222. The van der Waals surface area contributed by atoms with E-state index in [0.717, 1.165) is 18.2 Å². The van der Waals surface area contributed by atoms with Crippen LogP contribution in [0.4, 0.5) is 10.1 Å². The third-order valence-corrected chi connectivity index (χ3v) is 1.89. The minimum atomic E-state index is -0.776. The van der Waals surface area contributed by atoms with Gasteiger partial charge in [0.2, 0.25) is 6.08 Å². The number of halogens is 1. The summed E-state index contributed by atoms with van der Waals surface area (Å²) in [6, 6.07) is 2.31.